The van der Waals surface area contributed by atoms with Crippen molar-refractivity contribution in [1.82, 2.24) is 10.2 Å². The molecule has 6 heteroatoms. The van der Waals surface area contributed by atoms with Crippen LogP contribution in [-0.4, -0.2) is 48.6 Å². The summed E-state index contributed by atoms with van der Waals surface area (Å²) in [5.74, 6) is 0.337. The van der Waals surface area contributed by atoms with E-state index in [0.29, 0.717) is 12.3 Å². The zero-order chi connectivity index (χ0) is 20.1. The van der Waals surface area contributed by atoms with E-state index in [-0.39, 0.29) is 11.9 Å². The highest BCUT2D eigenvalue weighted by molar-refractivity contribution is 7.10. The standard InChI is InChI=1S/C23H25N3O2S/c27-20-10-5-4-9-19(20)26-14-12-25(13-15-26)17-22(28)24-23(21-11-6-16-29-21)18-7-2-1-3-8-18/h1-11,16,23,27H,12-15,17H2,(H,24,28)/t23-/m1/s1. The Morgan fingerprint density at radius 2 is 1.69 bits per heavy atom. The topological polar surface area (TPSA) is 55.8 Å². The summed E-state index contributed by atoms with van der Waals surface area (Å²) in [5, 5.41) is 15.3. The van der Waals surface area contributed by atoms with Crippen molar-refractivity contribution in [2.24, 2.45) is 0 Å². The number of piperazine rings is 1. The van der Waals surface area contributed by atoms with Gasteiger partial charge in [0.15, 0.2) is 0 Å². The summed E-state index contributed by atoms with van der Waals surface area (Å²) < 4.78 is 0. The predicted octanol–water partition coefficient (Wildman–Crippen LogP) is 3.48. The Morgan fingerprint density at radius 3 is 2.38 bits per heavy atom. The maximum Gasteiger partial charge on any atom is 0.234 e. The number of amides is 1. The zero-order valence-corrected chi connectivity index (χ0v) is 17.0. The molecule has 1 amide bonds. The number of carbonyl (C=O) groups excluding carboxylic acids is 1. The number of phenols is 1. The molecule has 1 fully saturated rings. The molecule has 2 aromatic carbocycles. The fourth-order valence-corrected chi connectivity index (χ4v) is 4.51. The van der Waals surface area contributed by atoms with Gasteiger partial charge in [0.1, 0.15) is 5.75 Å². The van der Waals surface area contributed by atoms with Crippen LogP contribution < -0.4 is 10.2 Å². The second-order valence-electron chi connectivity index (χ2n) is 7.18. The molecule has 4 rings (SSSR count). The van der Waals surface area contributed by atoms with E-state index in [0.717, 1.165) is 42.3 Å². The van der Waals surface area contributed by atoms with Gasteiger partial charge < -0.3 is 15.3 Å². The number of carbonyl (C=O) groups is 1. The molecule has 1 aliphatic rings. The third-order valence-electron chi connectivity index (χ3n) is 5.23. The van der Waals surface area contributed by atoms with Crippen LogP contribution in [0.2, 0.25) is 0 Å². The first-order valence-electron chi connectivity index (χ1n) is 9.84. The number of para-hydroxylation sites is 2. The minimum Gasteiger partial charge on any atom is -0.506 e. The van der Waals surface area contributed by atoms with Gasteiger partial charge in [-0.1, -0.05) is 48.5 Å². The van der Waals surface area contributed by atoms with Gasteiger partial charge in [-0.25, -0.2) is 0 Å². The van der Waals surface area contributed by atoms with Crippen LogP contribution in [0.1, 0.15) is 16.5 Å². The van der Waals surface area contributed by atoms with E-state index in [4.69, 9.17) is 0 Å². The Kier molecular flexibility index (Phi) is 6.12. The average Bonchev–Trinajstić information content (AvgIpc) is 3.28. The molecule has 0 bridgehead atoms. The third-order valence-corrected chi connectivity index (χ3v) is 6.17. The SMILES string of the molecule is O=C(CN1CCN(c2ccccc2O)CC1)N[C@H](c1ccccc1)c1cccs1. The number of aromatic hydroxyl groups is 1. The number of anilines is 1. The molecule has 0 unspecified atom stereocenters. The van der Waals surface area contributed by atoms with Gasteiger partial charge in [0, 0.05) is 31.1 Å². The fourth-order valence-electron chi connectivity index (χ4n) is 3.71. The fraction of sp³-hybridized carbons (Fsp3) is 0.261. The Bertz CT molecular complexity index is 922. The molecule has 1 aliphatic heterocycles. The van der Waals surface area contributed by atoms with Gasteiger partial charge in [-0.15, -0.1) is 11.3 Å². The van der Waals surface area contributed by atoms with E-state index in [9.17, 15) is 9.90 Å². The molecular formula is C23H25N3O2S. The lowest BCUT2D eigenvalue weighted by Crippen LogP contribution is -2.49. The largest absolute Gasteiger partial charge is 0.506 e. The van der Waals surface area contributed by atoms with Crippen LogP contribution in [0.25, 0.3) is 0 Å². The van der Waals surface area contributed by atoms with E-state index in [1.807, 2.05) is 47.8 Å². The lowest BCUT2D eigenvalue weighted by molar-refractivity contribution is -0.122. The van der Waals surface area contributed by atoms with E-state index in [2.05, 4.69) is 33.3 Å². The van der Waals surface area contributed by atoms with Crippen LogP contribution in [0, 0.1) is 0 Å². The van der Waals surface area contributed by atoms with E-state index >= 15 is 0 Å². The second kappa shape index (κ2) is 9.11. The third kappa shape index (κ3) is 4.78. The molecule has 0 radical (unpaired) electrons. The lowest BCUT2D eigenvalue weighted by atomic mass is 10.1. The molecule has 5 nitrogen and oxygen atoms in total. The van der Waals surface area contributed by atoms with Crippen molar-refractivity contribution in [2.75, 3.05) is 37.6 Å². The van der Waals surface area contributed by atoms with Crippen LogP contribution >= 0.6 is 11.3 Å². The van der Waals surface area contributed by atoms with Crippen LogP contribution in [0.5, 0.6) is 5.75 Å². The van der Waals surface area contributed by atoms with Crippen LogP contribution in [0.4, 0.5) is 5.69 Å². The first kappa shape index (κ1) is 19.5. The maximum atomic E-state index is 12.8. The summed E-state index contributed by atoms with van der Waals surface area (Å²) in [5.41, 5.74) is 1.95. The van der Waals surface area contributed by atoms with Gasteiger partial charge in [-0.3, -0.25) is 9.69 Å². The number of phenolic OH excluding ortho intramolecular Hbond substituents is 1. The van der Waals surface area contributed by atoms with Crippen molar-refractivity contribution in [3.63, 3.8) is 0 Å². The predicted molar refractivity (Wildman–Crippen MR) is 118 cm³/mol. The first-order chi connectivity index (χ1) is 14.2. The molecule has 0 spiro atoms. The lowest BCUT2D eigenvalue weighted by Gasteiger charge is -2.36. The number of hydrogen-bond acceptors (Lipinski definition) is 5. The monoisotopic (exact) mass is 407 g/mol. The normalized spacial score (nSPS) is 15.8. The van der Waals surface area contributed by atoms with Crippen LogP contribution in [-0.2, 0) is 4.79 Å². The van der Waals surface area contributed by atoms with Gasteiger partial charge in [-0.05, 0) is 29.1 Å². The van der Waals surface area contributed by atoms with Crippen LogP contribution in [0.15, 0.2) is 72.1 Å². The molecule has 0 aliphatic carbocycles. The molecule has 1 aromatic heterocycles. The summed E-state index contributed by atoms with van der Waals surface area (Å²) in [6, 6.07) is 21.5. The summed E-state index contributed by atoms with van der Waals surface area (Å²) >= 11 is 1.65. The molecular weight excluding hydrogens is 382 g/mol. The van der Waals surface area contributed by atoms with Crippen molar-refractivity contribution in [1.29, 1.82) is 0 Å². The molecule has 2 N–H and O–H groups in total. The van der Waals surface area contributed by atoms with Crippen molar-refractivity contribution in [2.45, 2.75) is 6.04 Å². The number of thiophene rings is 1. The Morgan fingerprint density at radius 1 is 0.966 bits per heavy atom. The van der Waals surface area contributed by atoms with Gasteiger partial charge in [0.25, 0.3) is 0 Å². The average molecular weight is 408 g/mol. The van der Waals surface area contributed by atoms with Crippen molar-refractivity contribution >= 4 is 22.9 Å². The Labute approximate surface area is 175 Å². The van der Waals surface area contributed by atoms with Crippen LogP contribution in [0.3, 0.4) is 0 Å². The summed E-state index contributed by atoms with van der Waals surface area (Å²) in [6.45, 7) is 3.53. The van der Waals surface area contributed by atoms with Gasteiger partial charge in [0.05, 0.1) is 18.3 Å². The number of hydrogen-bond donors (Lipinski definition) is 2. The van der Waals surface area contributed by atoms with Gasteiger partial charge in [-0.2, -0.15) is 0 Å². The highest BCUT2D eigenvalue weighted by Gasteiger charge is 2.23. The minimum absolute atomic E-state index is 0.0308. The zero-order valence-electron chi connectivity index (χ0n) is 16.2. The maximum absolute atomic E-state index is 12.8. The van der Waals surface area contributed by atoms with Gasteiger partial charge in [0.2, 0.25) is 5.91 Å². The van der Waals surface area contributed by atoms with E-state index < -0.39 is 0 Å². The van der Waals surface area contributed by atoms with Crippen molar-refractivity contribution in [3.05, 3.63) is 82.6 Å². The molecule has 0 saturated carbocycles. The number of nitrogens with zero attached hydrogens (tertiary/aromatic N) is 2. The van der Waals surface area contributed by atoms with Crippen molar-refractivity contribution in [3.8, 4) is 5.75 Å². The minimum atomic E-state index is -0.119. The first-order valence-corrected chi connectivity index (χ1v) is 10.7. The second-order valence-corrected chi connectivity index (χ2v) is 8.16. The Hall–Kier alpha value is -2.83. The number of benzene rings is 2. The quantitative estimate of drug-likeness (QED) is 0.657. The molecule has 3 aromatic rings. The molecule has 2 heterocycles. The summed E-state index contributed by atoms with van der Waals surface area (Å²) in [7, 11) is 0. The molecule has 29 heavy (non-hydrogen) atoms. The van der Waals surface area contributed by atoms with Crippen molar-refractivity contribution < 1.29 is 9.90 Å². The molecule has 150 valence electrons. The highest BCUT2D eigenvalue weighted by atomic mass is 32.1. The molecule has 1 saturated heterocycles. The number of nitrogens with one attached hydrogen (secondary N) is 1. The van der Waals surface area contributed by atoms with E-state index in [1.165, 1.54) is 0 Å². The summed E-state index contributed by atoms with van der Waals surface area (Å²) in [6.07, 6.45) is 0. The van der Waals surface area contributed by atoms with E-state index in [1.54, 1.807) is 17.4 Å². The molecule has 1 atom stereocenters. The number of rotatable bonds is 6. The Balaban J connectivity index is 1.35. The van der Waals surface area contributed by atoms with Gasteiger partial charge >= 0.3 is 0 Å². The highest BCUT2D eigenvalue weighted by Crippen LogP contribution is 2.28. The summed E-state index contributed by atoms with van der Waals surface area (Å²) in [4.78, 5) is 18.3. The smallest absolute Gasteiger partial charge is 0.234 e.